The molecule has 34 heavy (non-hydrogen) atoms. The highest BCUT2D eigenvalue weighted by atomic mass is 31.0. The molecule has 2 atom stereocenters. The molecule has 5 rings (SSSR count). The third-order valence-electron chi connectivity index (χ3n) is 8.74. The zero-order valence-corrected chi connectivity index (χ0v) is 21.5. The van der Waals surface area contributed by atoms with E-state index >= 15 is 0 Å². The fourth-order valence-electron chi connectivity index (χ4n) is 6.18. The monoisotopic (exact) mass is 482 g/mol. The lowest BCUT2D eigenvalue weighted by molar-refractivity contribution is 0.0648. The maximum atomic E-state index is 14.2. The molecule has 1 saturated heterocycles. The maximum Gasteiger partial charge on any atom is 0.325 e. The average Bonchev–Trinajstić information content (AvgIpc) is 3.08. The largest absolute Gasteiger partial charge is 0.325 e. The van der Waals surface area contributed by atoms with Crippen molar-refractivity contribution in [2.45, 2.75) is 81.6 Å². The van der Waals surface area contributed by atoms with Crippen molar-refractivity contribution in [2.24, 2.45) is 5.92 Å². The molecule has 1 aromatic heterocycles. The molecule has 2 amide bonds. The normalized spacial score (nSPS) is 29.4. The third-order valence-corrected chi connectivity index (χ3v) is 9.00. The van der Waals surface area contributed by atoms with Crippen LogP contribution in [0.4, 0.5) is 14.9 Å². The van der Waals surface area contributed by atoms with E-state index in [0.717, 1.165) is 38.6 Å². The highest BCUT2D eigenvalue weighted by Crippen LogP contribution is 2.50. The second kappa shape index (κ2) is 8.86. The number of alkyl halides is 1. The summed E-state index contributed by atoms with van der Waals surface area (Å²) < 4.78 is 14.2. The molecule has 3 aliphatic rings. The van der Waals surface area contributed by atoms with Crippen LogP contribution >= 0.6 is 9.24 Å². The number of nitrogens with zero attached hydrogens (tertiary/aromatic N) is 4. The van der Waals surface area contributed by atoms with Crippen LogP contribution < -0.4 is 4.90 Å². The molecule has 3 fully saturated rings. The first kappa shape index (κ1) is 23.7. The van der Waals surface area contributed by atoms with Gasteiger partial charge in [-0.05, 0) is 68.8 Å². The molecule has 1 spiro atoms. The van der Waals surface area contributed by atoms with Crippen molar-refractivity contribution >= 4 is 21.0 Å². The number of carbonyl (C=O) groups excluding carboxylic acids is 1. The smallest absolute Gasteiger partial charge is 0.317 e. The molecule has 182 valence electrons. The predicted molar refractivity (Wildman–Crippen MR) is 137 cm³/mol. The molecule has 2 unspecified atom stereocenters. The van der Waals surface area contributed by atoms with Gasteiger partial charge in [0.05, 0.1) is 30.2 Å². The summed E-state index contributed by atoms with van der Waals surface area (Å²) >= 11 is 0. The molecular formula is C27H36FN4OP. The quantitative estimate of drug-likeness (QED) is 0.461. The first-order valence-corrected chi connectivity index (χ1v) is 13.3. The zero-order chi connectivity index (χ0) is 24.0. The van der Waals surface area contributed by atoms with Crippen LogP contribution in [0, 0.1) is 5.92 Å². The Balaban J connectivity index is 1.42. The predicted octanol–water partition coefficient (Wildman–Crippen LogP) is 6.20. The van der Waals surface area contributed by atoms with Gasteiger partial charge in [0.15, 0.2) is 11.2 Å². The van der Waals surface area contributed by atoms with Gasteiger partial charge in [-0.15, -0.1) is 0 Å². The molecule has 1 aromatic carbocycles. The van der Waals surface area contributed by atoms with Crippen molar-refractivity contribution in [1.82, 2.24) is 14.9 Å². The molecule has 0 N–H and O–H groups in total. The lowest BCUT2D eigenvalue weighted by Gasteiger charge is -2.49. The molecular weight excluding hydrogens is 446 g/mol. The van der Waals surface area contributed by atoms with E-state index in [-0.39, 0.29) is 22.8 Å². The van der Waals surface area contributed by atoms with Gasteiger partial charge in [0.1, 0.15) is 0 Å². The summed E-state index contributed by atoms with van der Waals surface area (Å²) in [6, 6.07) is 11.0. The molecule has 2 heterocycles. The summed E-state index contributed by atoms with van der Waals surface area (Å²) in [6.07, 6.45) is 12.2. The van der Waals surface area contributed by atoms with Crippen molar-refractivity contribution < 1.29 is 9.18 Å². The summed E-state index contributed by atoms with van der Waals surface area (Å²) in [4.78, 5) is 26.2. The number of amides is 2. The van der Waals surface area contributed by atoms with Crippen molar-refractivity contribution in [2.75, 3.05) is 18.0 Å². The van der Waals surface area contributed by atoms with Crippen LogP contribution in [0.5, 0.6) is 0 Å². The van der Waals surface area contributed by atoms with Gasteiger partial charge in [0.25, 0.3) is 0 Å². The van der Waals surface area contributed by atoms with E-state index in [1.165, 1.54) is 31.7 Å². The highest BCUT2D eigenvalue weighted by Gasteiger charge is 2.54. The number of rotatable bonds is 6. The number of urea groups is 1. The maximum absolute atomic E-state index is 14.2. The Morgan fingerprint density at radius 1 is 1.12 bits per heavy atom. The number of hydrogen-bond donors (Lipinski definition) is 0. The van der Waals surface area contributed by atoms with E-state index in [9.17, 15) is 9.18 Å². The van der Waals surface area contributed by atoms with Gasteiger partial charge in [-0.25, -0.2) is 19.2 Å². The number of aromatic nitrogens is 2. The summed E-state index contributed by atoms with van der Waals surface area (Å²) in [6.45, 7) is 5.21. The van der Waals surface area contributed by atoms with E-state index in [0.29, 0.717) is 18.2 Å². The second-order valence-electron chi connectivity index (χ2n) is 10.8. The Labute approximate surface area is 204 Å². The van der Waals surface area contributed by atoms with E-state index in [2.05, 4.69) is 61.4 Å². The first-order chi connectivity index (χ1) is 16.3. The number of benzene rings is 1. The number of hydrogen-bond acceptors (Lipinski definition) is 3. The van der Waals surface area contributed by atoms with Crippen LogP contribution in [0.25, 0.3) is 0 Å². The van der Waals surface area contributed by atoms with Gasteiger partial charge in [-0.2, -0.15) is 0 Å². The van der Waals surface area contributed by atoms with Crippen molar-refractivity contribution in [3.63, 3.8) is 0 Å². The first-order valence-electron chi connectivity index (χ1n) is 12.7. The van der Waals surface area contributed by atoms with Crippen LogP contribution in [0.15, 0.2) is 42.7 Å². The van der Waals surface area contributed by atoms with Gasteiger partial charge in [-0.1, -0.05) is 52.9 Å². The molecule has 2 saturated carbocycles. The van der Waals surface area contributed by atoms with E-state index in [1.807, 2.05) is 4.90 Å². The minimum Gasteiger partial charge on any atom is -0.317 e. The van der Waals surface area contributed by atoms with Crippen LogP contribution in [0.3, 0.4) is 0 Å². The van der Waals surface area contributed by atoms with Gasteiger partial charge in [-0.3, -0.25) is 4.90 Å². The molecule has 2 aliphatic carbocycles. The van der Waals surface area contributed by atoms with Gasteiger partial charge >= 0.3 is 6.03 Å². The van der Waals surface area contributed by atoms with Crippen LogP contribution in [0.2, 0.25) is 0 Å². The average molecular weight is 483 g/mol. The van der Waals surface area contributed by atoms with Crippen LogP contribution in [0.1, 0.15) is 76.6 Å². The lowest BCUT2D eigenvalue weighted by Crippen LogP contribution is -2.53. The fraction of sp³-hybridized carbons (Fsp3) is 0.593. The number of halogens is 1. The van der Waals surface area contributed by atoms with Crippen LogP contribution in [-0.2, 0) is 10.8 Å². The van der Waals surface area contributed by atoms with Crippen molar-refractivity contribution in [3.05, 3.63) is 54.1 Å². The SMILES string of the molecule is CC[C@]1(c2ccccc2)CC[C@]2(CC1)CN(c1cnc(C(C)(F)P)nc1)C(=O)N2CC1CCC1. The Hall–Kier alpha value is -2.07. The minimum absolute atomic E-state index is 0.0563. The Morgan fingerprint density at radius 3 is 2.29 bits per heavy atom. The third kappa shape index (κ3) is 4.12. The standard InChI is InChI=1S/C27H36FN4OP/c1-3-26(21-10-5-4-6-11-21)12-14-27(15-13-26)19-31(24(33)32(27)18-20-8-7-9-20)22-16-29-23(30-17-22)25(2,28)34/h4-6,10-11,16-17,20H,3,7-9,12-15,18-19,34H2,1-2H3/t25?,26-,27-. The topological polar surface area (TPSA) is 49.3 Å². The second-order valence-corrected chi connectivity index (χ2v) is 11.9. The Kier molecular flexibility index (Phi) is 6.16. The highest BCUT2D eigenvalue weighted by molar-refractivity contribution is 7.18. The number of carbonyl (C=O) groups is 1. The summed E-state index contributed by atoms with van der Waals surface area (Å²) in [5.74, 6) is 0.720. The molecule has 1 aliphatic heterocycles. The van der Waals surface area contributed by atoms with Crippen molar-refractivity contribution in [3.8, 4) is 0 Å². The zero-order valence-electron chi connectivity index (χ0n) is 20.3. The molecule has 0 bridgehead atoms. The van der Waals surface area contributed by atoms with Gasteiger partial charge in [0.2, 0.25) is 0 Å². The van der Waals surface area contributed by atoms with Crippen molar-refractivity contribution in [1.29, 1.82) is 0 Å². The molecule has 0 radical (unpaired) electrons. The van der Waals surface area contributed by atoms with Crippen LogP contribution in [-0.4, -0.2) is 39.5 Å². The number of anilines is 1. The van der Waals surface area contributed by atoms with E-state index in [1.54, 1.807) is 12.4 Å². The fourth-order valence-corrected chi connectivity index (χ4v) is 6.33. The molecule has 7 heteroatoms. The summed E-state index contributed by atoms with van der Waals surface area (Å²) in [5.41, 5.74) is 2.11. The van der Waals surface area contributed by atoms with Gasteiger partial charge < -0.3 is 4.90 Å². The summed E-state index contributed by atoms with van der Waals surface area (Å²) in [5, 5.41) is -1.69. The Morgan fingerprint density at radius 2 is 1.76 bits per heavy atom. The van der Waals surface area contributed by atoms with E-state index in [4.69, 9.17) is 0 Å². The molecule has 2 aromatic rings. The lowest BCUT2D eigenvalue weighted by atomic mass is 9.62. The van der Waals surface area contributed by atoms with E-state index < -0.39 is 5.41 Å². The summed E-state index contributed by atoms with van der Waals surface area (Å²) in [7, 11) is 2.13. The molecule has 5 nitrogen and oxygen atoms in total. The van der Waals surface area contributed by atoms with Gasteiger partial charge in [0, 0.05) is 6.54 Å². The minimum atomic E-state index is -1.69. The Bertz CT molecular complexity index is 1010.